The number of aromatic nitrogens is 2. The zero-order valence-corrected chi connectivity index (χ0v) is 14.3. The molecule has 2 rings (SSSR count). The van der Waals surface area contributed by atoms with E-state index >= 15 is 0 Å². The van der Waals surface area contributed by atoms with E-state index in [9.17, 15) is 9.59 Å². The van der Waals surface area contributed by atoms with Gasteiger partial charge in [-0.25, -0.2) is 9.79 Å². The van der Waals surface area contributed by atoms with E-state index < -0.39 is 11.2 Å². The van der Waals surface area contributed by atoms with Crippen molar-refractivity contribution < 1.29 is 5.11 Å². The van der Waals surface area contributed by atoms with Crippen molar-refractivity contribution in [1.82, 2.24) is 9.13 Å². The van der Waals surface area contributed by atoms with Gasteiger partial charge in [0.1, 0.15) is 5.82 Å². The molecular formula is C18H23N3O3. The molecule has 0 bridgehead atoms. The predicted molar refractivity (Wildman–Crippen MR) is 95.4 cm³/mol. The first-order valence-electron chi connectivity index (χ1n) is 8.00. The Hall–Kier alpha value is -2.47. The minimum Gasteiger partial charge on any atom is -0.396 e. The van der Waals surface area contributed by atoms with Gasteiger partial charge in [0, 0.05) is 32.5 Å². The first-order valence-corrected chi connectivity index (χ1v) is 8.00. The lowest BCUT2D eigenvalue weighted by Gasteiger charge is -2.10. The second kappa shape index (κ2) is 7.88. The van der Waals surface area contributed by atoms with Gasteiger partial charge in [-0.1, -0.05) is 38.1 Å². The standard InChI is InChI=1S/C18H23N3O3/c1-13(2)15-8-5-4-7-14(15)12-19-16-11-17(23)21(9-6-10-22)18(24)20(16)3/h4-5,7-8,11-13,22H,6,9-10H2,1-3H3/b19-12+. The predicted octanol–water partition coefficient (Wildman–Crippen LogP) is 1.80. The summed E-state index contributed by atoms with van der Waals surface area (Å²) in [5.41, 5.74) is 1.28. The number of nitrogens with zero attached hydrogens (tertiary/aromatic N) is 3. The summed E-state index contributed by atoms with van der Waals surface area (Å²) in [6.45, 7) is 4.33. The van der Waals surface area contributed by atoms with Crippen molar-refractivity contribution in [3.8, 4) is 0 Å². The molecule has 0 fully saturated rings. The Labute approximate surface area is 140 Å². The molecule has 0 radical (unpaired) electrons. The highest BCUT2D eigenvalue weighted by atomic mass is 16.3. The zero-order chi connectivity index (χ0) is 17.7. The Morgan fingerprint density at radius 2 is 1.96 bits per heavy atom. The fraction of sp³-hybridized carbons (Fsp3) is 0.389. The largest absolute Gasteiger partial charge is 0.396 e. The van der Waals surface area contributed by atoms with Crippen LogP contribution in [0.15, 0.2) is 44.9 Å². The maximum absolute atomic E-state index is 12.3. The maximum atomic E-state index is 12.3. The second-order valence-electron chi connectivity index (χ2n) is 5.95. The highest BCUT2D eigenvalue weighted by Crippen LogP contribution is 2.18. The molecule has 1 aromatic carbocycles. The molecule has 0 saturated heterocycles. The molecule has 1 aromatic heterocycles. The lowest BCUT2D eigenvalue weighted by atomic mass is 9.98. The van der Waals surface area contributed by atoms with Crippen molar-refractivity contribution in [3.05, 3.63) is 62.3 Å². The van der Waals surface area contributed by atoms with Gasteiger partial charge in [-0.2, -0.15) is 0 Å². The van der Waals surface area contributed by atoms with Crippen LogP contribution in [0.1, 0.15) is 37.3 Å². The van der Waals surface area contributed by atoms with Crippen molar-refractivity contribution in [3.63, 3.8) is 0 Å². The van der Waals surface area contributed by atoms with Crippen molar-refractivity contribution >= 4 is 12.0 Å². The normalized spacial score (nSPS) is 11.5. The van der Waals surface area contributed by atoms with Gasteiger partial charge in [0.2, 0.25) is 0 Å². The summed E-state index contributed by atoms with van der Waals surface area (Å²) in [5.74, 6) is 0.659. The van der Waals surface area contributed by atoms with Crippen LogP contribution in [0.2, 0.25) is 0 Å². The van der Waals surface area contributed by atoms with Crippen molar-refractivity contribution in [2.75, 3.05) is 6.61 Å². The van der Waals surface area contributed by atoms with E-state index in [2.05, 4.69) is 18.8 Å². The van der Waals surface area contributed by atoms with Gasteiger partial charge >= 0.3 is 5.69 Å². The van der Waals surface area contributed by atoms with Crippen molar-refractivity contribution in [1.29, 1.82) is 0 Å². The zero-order valence-electron chi connectivity index (χ0n) is 14.3. The molecule has 6 nitrogen and oxygen atoms in total. The third kappa shape index (κ3) is 3.89. The highest BCUT2D eigenvalue weighted by molar-refractivity contribution is 5.83. The highest BCUT2D eigenvalue weighted by Gasteiger charge is 2.08. The van der Waals surface area contributed by atoms with E-state index in [0.29, 0.717) is 18.2 Å². The maximum Gasteiger partial charge on any atom is 0.332 e. The molecule has 1 heterocycles. The number of aliphatic hydroxyl groups is 1. The van der Waals surface area contributed by atoms with Gasteiger partial charge in [-0.15, -0.1) is 0 Å². The Morgan fingerprint density at radius 3 is 2.62 bits per heavy atom. The summed E-state index contributed by atoms with van der Waals surface area (Å²) in [5, 5.41) is 8.87. The number of aliphatic imine (C=N–C) groups is 1. The van der Waals surface area contributed by atoms with Crippen LogP contribution < -0.4 is 11.2 Å². The van der Waals surface area contributed by atoms with E-state index in [0.717, 1.165) is 15.7 Å². The summed E-state index contributed by atoms with van der Waals surface area (Å²) in [6.07, 6.45) is 2.04. The average molecular weight is 329 g/mol. The third-order valence-corrected chi connectivity index (χ3v) is 3.87. The van der Waals surface area contributed by atoms with E-state index in [1.54, 1.807) is 13.3 Å². The summed E-state index contributed by atoms with van der Waals surface area (Å²) < 4.78 is 2.45. The second-order valence-corrected chi connectivity index (χ2v) is 5.95. The third-order valence-electron chi connectivity index (χ3n) is 3.87. The minimum absolute atomic E-state index is 0.0680. The molecule has 0 unspecified atom stereocenters. The first kappa shape index (κ1) is 17.9. The van der Waals surface area contributed by atoms with Gasteiger partial charge in [-0.05, 0) is 23.5 Å². The number of rotatable bonds is 6. The number of benzene rings is 1. The molecule has 6 heteroatoms. The lowest BCUT2D eigenvalue weighted by Crippen LogP contribution is -2.38. The molecule has 2 aromatic rings. The van der Waals surface area contributed by atoms with Gasteiger partial charge in [-0.3, -0.25) is 13.9 Å². The Morgan fingerprint density at radius 1 is 1.25 bits per heavy atom. The van der Waals surface area contributed by atoms with Crippen LogP contribution in [0, 0.1) is 0 Å². The first-order chi connectivity index (χ1) is 11.5. The molecular weight excluding hydrogens is 306 g/mol. The van der Waals surface area contributed by atoms with Gasteiger partial charge in [0.15, 0.2) is 0 Å². The molecule has 0 amide bonds. The number of aliphatic hydroxyl groups excluding tert-OH is 1. The van der Waals surface area contributed by atoms with Crippen LogP contribution >= 0.6 is 0 Å². The molecule has 0 aliphatic heterocycles. The molecule has 128 valence electrons. The molecule has 0 atom stereocenters. The van der Waals surface area contributed by atoms with Crippen LogP contribution in [0.4, 0.5) is 5.82 Å². The molecule has 0 spiro atoms. The fourth-order valence-corrected chi connectivity index (χ4v) is 2.51. The van der Waals surface area contributed by atoms with Gasteiger partial charge in [0.05, 0.1) is 0 Å². The minimum atomic E-state index is -0.430. The van der Waals surface area contributed by atoms with Crippen molar-refractivity contribution in [2.24, 2.45) is 12.0 Å². The summed E-state index contributed by atoms with van der Waals surface area (Å²) in [6, 6.07) is 9.24. The van der Waals surface area contributed by atoms with E-state index in [1.807, 2.05) is 24.3 Å². The van der Waals surface area contributed by atoms with Gasteiger partial charge < -0.3 is 5.11 Å². The summed E-state index contributed by atoms with van der Waals surface area (Å²) >= 11 is 0. The molecule has 1 N–H and O–H groups in total. The van der Waals surface area contributed by atoms with E-state index in [-0.39, 0.29) is 13.2 Å². The molecule has 24 heavy (non-hydrogen) atoms. The molecule has 0 saturated carbocycles. The van der Waals surface area contributed by atoms with E-state index in [4.69, 9.17) is 5.11 Å². The Kier molecular flexibility index (Phi) is 5.87. The Bertz CT molecular complexity index is 847. The Balaban J connectivity index is 2.41. The summed E-state index contributed by atoms with van der Waals surface area (Å²) in [4.78, 5) is 28.7. The van der Waals surface area contributed by atoms with Crippen LogP contribution in [0.5, 0.6) is 0 Å². The van der Waals surface area contributed by atoms with Crippen molar-refractivity contribution in [2.45, 2.75) is 32.7 Å². The summed E-state index contributed by atoms with van der Waals surface area (Å²) in [7, 11) is 1.58. The number of hydrogen-bond acceptors (Lipinski definition) is 4. The average Bonchev–Trinajstić information content (AvgIpc) is 2.57. The monoisotopic (exact) mass is 329 g/mol. The van der Waals surface area contributed by atoms with Crippen LogP contribution in [0.25, 0.3) is 0 Å². The fourth-order valence-electron chi connectivity index (χ4n) is 2.51. The van der Waals surface area contributed by atoms with E-state index in [1.165, 1.54) is 10.6 Å². The number of hydrogen-bond donors (Lipinski definition) is 1. The van der Waals surface area contributed by atoms with Crippen LogP contribution in [-0.2, 0) is 13.6 Å². The smallest absolute Gasteiger partial charge is 0.332 e. The topological polar surface area (TPSA) is 76.6 Å². The molecule has 0 aliphatic rings. The SMILES string of the molecule is CC(C)c1ccccc1/C=N/c1cc(=O)n(CCCO)c(=O)n1C. The molecule has 0 aliphatic carbocycles. The lowest BCUT2D eigenvalue weighted by molar-refractivity contribution is 0.277. The van der Waals surface area contributed by atoms with Crippen LogP contribution in [-0.4, -0.2) is 27.1 Å². The quantitative estimate of drug-likeness (QED) is 0.821. The van der Waals surface area contributed by atoms with Crippen LogP contribution in [0.3, 0.4) is 0 Å². The van der Waals surface area contributed by atoms with Gasteiger partial charge in [0.25, 0.3) is 5.56 Å².